The summed E-state index contributed by atoms with van der Waals surface area (Å²) in [4.78, 5) is 33.5. The predicted molar refractivity (Wildman–Crippen MR) is 173 cm³/mol. The lowest BCUT2D eigenvalue weighted by Gasteiger charge is -2.24. The molecular weight excluding hydrogens is 607 g/mol. The number of anilines is 1. The van der Waals surface area contributed by atoms with Gasteiger partial charge in [0.1, 0.15) is 30.0 Å². The standard InChI is InChI=1S/C36H29FN2O6S/c1-3-43-29-17-22(9-14-28(29)44-19-21-7-5-4-6-8-21)32-31(33(40)23-10-13-27-24(16-23)15-20(2)45-27)34(41)35(42)39(32)36-38-26-12-11-25(37)18-30(26)46-36/h4-14,16-18,20,32,40H,3,15,19H2,1-2H3/b33-31+/t20-,32-/m1/s1. The zero-order chi connectivity index (χ0) is 31.9. The van der Waals surface area contributed by atoms with Crippen LogP contribution in [0, 0.1) is 5.82 Å². The van der Waals surface area contributed by atoms with E-state index in [0.717, 1.165) is 28.2 Å². The minimum Gasteiger partial charge on any atom is -0.507 e. The van der Waals surface area contributed by atoms with Crippen molar-refractivity contribution in [2.75, 3.05) is 11.5 Å². The number of ether oxygens (including phenoxy) is 3. The van der Waals surface area contributed by atoms with Crippen LogP contribution >= 0.6 is 11.3 Å². The number of benzene rings is 4. The second-order valence-corrected chi connectivity index (χ2v) is 12.2. The molecule has 5 aromatic rings. The van der Waals surface area contributed by atoms with Gasteiger partial charge in [0.25, 0.3) is 5.78 Å². The lowest BCUT2D eigenvalue weighted by atomic mass is 9.94. The molecule has 1 N–H and O–H groups in total. The summed E-state index contributed by atoms with van der Waals surface area (Å²) in [6.07, 6.45) is 0.639. The zero-order valence-corrected chi connectivity index (χ0v) is 25.8. The lowest BCUT2D eigenvalue weighted by molar-refractivity contribution is -0.132. The Balaban J connectivity index is 1.36. The molecule has 1 saturated heterocycles. The Morgan fingerprint density at radius 2 is 1.85 bits per heavy atom. The van der Waals surface area contributed by atoms with Crippen LogP contribution in [-0.2, 0) is 22.6 Å². The predicted octanol–water partition coefficient (Wildman–Crippen LogP) is 7.36. The van der Waals surface area contributed by atoms with Crippen molar-refractivity contribution in [2.24, 2.45) is 0 Å². The van der Waals surface area contributed by atoms with Gasteiger partial charge >= 0.3 is 5.91 Å². The average Bonchev–Trinajstić information content (AvgIpc) is 3.72. The van der Waals surface area contributed by atoms with Crippen LogP contribution in [0.4, 0.5) is 9.52 Å². The molecule has 2 aliphatic heterocycles. The molecule has 0 aliphatic carbocycles. The van der Waals surface area contributed by atoms with Crippen molar-refractivity contribution in [2.45, 2.75) is 39.0 Å². The molecule has 0 bridgehead atoms. The van der Waals surface area contributed by atoms with Crippen LogP contribution in [0.25, 0.3) is 16.0 Å². The number of halogens is 1. The minimum atomic E-state index is -1.06. The highest BCUT2D eigenvalue weighted by molar-refractivity contribution is 7.22. The van der Waals surface area contributed by atoms with E-state index in [1.807, 2.05) is 44.2 Å². The average molecular weight is 637 g/mol. The summed E-state index contributed by atoms with van der Waals surface area (Å²) in [5.41, 5.74) is 3.15. The van der Waals surface area contributed by atoms with Gasteiger partial charge in [0.15, 0.2) is 16.6 Å². The third kappa shape index (κ3) is 5.34. The van der Waals surface area contributed by atoms with Gasteiger partial charge in [0, 0.05) is 12.0 Å². The maximum absolute atomic E-state index is 14.1. The van der Waals surface area contributed by atoms with Gasteiger partial charge < -0.3 is 19.3 Å². The fourth-order valence-electron chi connectivity index (χ4n) is 5.88. The molecule has 4 aromatic carbocycles. The monoisotopic (exact) mass is 636 g/mol. The molecule has 10 heteroatoms. The third-order valence-corrected chi connectivity index (χ3v) is 9.00. The van der Waals surface area contributed by atoms with Crippen LogP contribution in [0.15, 0.2) is 90.5 Å². The van der Waals surface area contributed by atoms with Crippen molar-refractivity contribution in [3.05, 3.63) is 119 Å². The highest BCUT2D eigenvalue weighted by atomic mass is 32.1. The summed E-state index contributed by atoms with van der Waals surface area (Å²) in [6, 6.07) is 23.2. The number of aliphatic hydroxyl groups is 1. The molecule has 46 heavy (non-hydrogen) atoms. The Morgan fingerprint density at radius 1 is 1.02 bits per heavy atom. The summed E-state index contributed by atoms with van der Waals surface area (Å²) in [6.45, 7) is 4.45. The first-order valence-corrected chi connectivity index (χ1v) is 15.7. The highest BCUT2D eigenvalue weighted by Gasteiger charge is 2.48. The molecule has 7 rings (SSSR count). The largest absolute Gasteiger partial charge is 0.507 e. The fourth-order valence-corrected chi connectivity index (χ4v) is 6.89. The highest BCUT2D eigenvalue weighted by Crippen LogP contribution is 2.46. The van der Waals surface area contributed by atoms with Gasteiger partial charge in [-0.3, -0.25) is 14.5 Å². The minimum absolute atomic E-state index is 0.0125. The van der Waals surface area contributed by atoms with Crippen LogP contribution in [0.1, 0.15) is 42.1 Å². The second-order valence-electron chi connectivity index (χ2n) is 11.1. The van der Waals surface area contributed by atoms with Gasteiger partial charge in [0.2, 0.25) is 0 Å². The van der Waals surface area contributed by atoms with Crippen LogP contribution < -0.4 is 19.1 Å². The van der Waals surface area contributed by atoms with E-state index < -0.39 is 23.5 Å². The van der Waals surface area contributed by atoms with Crippen molar-refractivity contribution >= 4 is 44.1 Å². The van der Waals surface area contributed by atoms with Crippen LogP contribution in [0.2, 0.25) is 0 Å². The van der Waals surface area contributed by atoms with Gasteiger partial charge in [0.05, 0.1) is 28.4 Å². The van der Waals surface area contributed by atoms with Crippen molar-refractivity contribution in [3.63, 3.8) is 0 Å². The molecule has 0 spiro atoms. The molecule has 0 radical (unpaired) electrons. The molecule has 1 fully saturated rings. The number of Topliss-reactive ketones (excluding diaryl/α,β-unsaturated/α-hetero) is 1. The number of hydrogen-bond donors (Lipinski definition) is 1. The number of fused-ring (bicyclic) bond motifs is 2. The molecule has 2 atom stereocenters. The number of rotatable bonds is 8. The second kappa shape index (κ2) is 11.9. The van der Waals surface area contributed by atoms with Gasteiger partial charge in [-0.25, -0.2) is 9.37 Å². The maximum atomic E-state index is 14.1. The molecular formula is C36H29FN2O6S. The van der Waals surface area contributed by atoms with Crippen LogP contribution in [0.3, 0.4) is 0 Å². The molecule has 232 valence electrons. The Kier molecular flexibility index (Phi) is 7.66. The summed E-state index contributed by atoms with van der Waals surface area (Å²) in [5.74, 6) is -0.861. The van der Waals surface area contributed by atoms with E-state index in [-0.39, 0.29) is 22.6 Å². The van der Waals surface area contributed by atoms with Crippen LogP contribution in [0.5, 0.6) is 17.2 Å². The number of thiazole rings is 1. The van der Waals surface area contributed by atoms with Gasteiger partial charge in [-0.05, 0) is 79.1 Å². The lowest BCUT2D eigenvalue weighted by Crippen LogP contribution is -2.29. The maximum Gasteiger partial charge on any atom is 0.301 e. The number of aliphatic hydroxyl groups excluding tert-OH is 1. The van der Waals surface area contributed by atoms with E-state index >= 15 is 0 Å². The Morgan fingerprint density at radius 3 is 2.65 bits per heavy atom. The first kappa shape index (κ1) is 29.5. The summed E-state index contributed by atoms with van der Waals surface area (Å²) in [7, 11) is 0. The van der Waals surface area contributed by atoms with Crippen molar-refractivity contribution in [3.8, 4) is 17.2 Å². The molecule has 1 amide bonds. The summed E-state index contributed by atoms with van der Waals surface area (Å²) in [5, 5.41) is 11.9. The van der Waals surface area contributed by atoms with Gasteiger partial charge in [-0.1, -0.05) is 47.7 Å². The third-order valence-electron chi connectivity index (χ3n) is 7.98. The van der Waals surface area contributed by atoms with E-state index in [1.165, 1.54) is 23.1 Å². The number of carbonyl (C=O) groups is 2. The van der Waals surface area contributed by atoms with Crippen molar-refractivity contribution in [1.82, 2.24) is 4.98 Å². The number of nitrogens with zero attached hydrogens (tertiary/aromatic N) is 2. The number of aromatic nitrogens is 1. The topological polar surface area (TPSA) is 98.2 Å². The SMILES string of the molecule is CCOc1cc([C@@H]2/C(=C(\O)c3ccc4c(c3)C[C@@H](C)O4)C(=O)C(=O)N2c2nc3ccc(F)cc3s2)ccc1OCc1ccccc1. The number of ketones is 1. The zero-order valence-electron chi connectivity index (χ0n) is 25.0. The Bertz CT molecular complexity index is 2020. The van der Waals surface area contributed by atoms with Crippen molar-refractivity contribution in [1.29, 1.82) is 0 Å². The van der Waals surface area contributed by atoms with Crippen molar-refractivity contribution < 1.29 is 33.3 Å². The molecule has 0 saturated carbocycles. The first-order valence-electron chi connectivity index (χ1n) is 14.9. The molecule has 3 heterocycles. The summed E-state index contributed by atoms with van der Waals surface area (Å²) < 4.78 is 32.5. The van der Waals surface area contributed by atoms with E-state index in [2.05, 4.69) is 4.98 Å². The normalized spacial score (nSPS) is 18.5. The van der Waals surface area contributed by atoms with E-state index in [1.54, 1.807) is 36.4 Å². The smallest absolute Gasteiger partial charge is 0.301 e. The number of carbonyl (C=O) groups excluding carboxylic acids is 2. The molecule has 8 nitrogen and oxygen atoms in total. The molecule has 2 aliphatic rings. The van der Waals surface area contributed by atoms with E-state index in [9.17, 15) is 19.1 Å². The Labute approximate surface area is 268 Å². The van der Waals surface area contributed by atoms with Crippen LogP contribution in [-0.4, -0.2) is 34.5 Å². The molecule has 0 unspecified atom stereocenters. The fraction of sp³-hybridized carbons (Fsp3) is 0.194. The summed E-state index contributed by atoms with van der Waals surface area (Å²) >= 11 is 1.09. The van der Waals surface area contributed by atoms with E-state index in [4.69, 9.17) is 14.2 Å². The van der Waals surface area contributed by atoms with Gasteiger partial charge in [-0.15, -0.1) is 0 Å². The number of hydrogen-bond acceptors (Lipinski definition) is 8. The quantitative estimate of drug-likeness (QED) is 0.108. The van der Waals surface area contributed by atoms with Gasteiger partial charge in [-0.2, -0.15) is 0 Å². The first-order chi connectivity index (χ1) is 22.3. The molecule has 1 aromatic heterocycles. The van der Waals surface area contributed by atoms with E-state index in [0.29, 0.717) is 52.5 Å². The Hall–Kier alpha value is -5.22. The number of amides is 1.